The number of fused-ring (bicyclic) bond motifs is 2. The van der Waals surface area contributed by atoms with Crippen LogP contribution in [0.4, 0.5) is 4.39 Å². The van der Waals surface area contributed by atoms with Crippen molar-refractivity contribution < 1.29 is 23.8 Å². The molecule has 214 valence electrons. The van der Waals surface area contributed by atoms with Crippen LogP contribution in [0.25, 0.3) is 0 Å². The van der Waals surface area contributed by atoms with Gasteiger partial charge in [0.05, 0.1) is 18.8 Å². The van der Waals surface area contributed by atoms with Crippen molar-refractivity contribution in [3.05, 3.63) is 59.2 Å². The standard InChI is InChI=1S/C30H43FN4O4/c1-3-10-35-11-5-6-12-39-26-15-23(14-25(31)17-26)16-27(34-29(37)8-7-9-30(35)38)28(36)21-33-20-24-13-22(4-2)18-32-19-24/h13-15,17-19,27-28,33,36H,3-12,16,20-21H2,1-2H3,(H,34,37). The monoisotopic (exact) mass is 542 g/mol. The average molecular weight is 543 g/mol. The highest BCUT2D eigenvalue weighted by Crippen LogP contribution is 2.19. The number of aryl methyl sites for hydroxylation is 1. The lowest BCUT2D eigenvalue weighted by Crippen LogP contribution is -2.48. The summed E-state index contributed by atoms with van der Waals surface area (Å²) in [5, 5.41) is 17.2. The number of halogens is 1. The molecule has 0 aliphatic carbocycles. The zero-order valence-corrected chi connectivity index (χ0v) is 23.3. The molecule has 1 aliphatic rings. The van der Waals surface area contributed by atoms with E-state index in [2.05, 4.69) is 28.6 Å². The Labute approximate surface area is 231 Å². The van der Waals surface area contributed by atoms with Crippen LogP contribution in [0, 0.1) is 5.82 Å². The number of hydrogen-bond donors (Lipinski definition) is 3. The summed E-state index contributed by atoms with van der Waals surface area (Å²) in [6.07, 6.45) is 7.11. The second-order valence-electron chi connectivity index (χ2n) is 10.2. The maximum Gasteiger partial charge on any atom is 0.222 e. The van der Waals surface area contributed by atoms with Gasteiger partial charge in [0.15, 0.2) is 0 Å². The van der Waals surface area contributed by atoms with Crippen molar-refractivity contribution in [2.24, 2.45) is 0 Å². The first-order valence-corrected chi connectivity index (χ1v) is 14.2. The van der Waals surface area contributed by atoms with Crippen molar-refractivity contribution in [3.63, 3.8) is 0 Å². The van der Waals surface area contributed by atoms with Crippen LogP contribution in [0.5, 0.6) is 5.75 Å². The van der Waals surface area contributed by atoms with Gasteiger partial charge in [-0.15, -0.1) is 0 Å². The van der Waals surface area contributed by atoms with Crippen molar-refractivity contribution in [2.75, 3.05) is 26.2 Å². The van der Waals surface area contributed by atoms with E-state index in [1.807, 2.05) is 18.0 Å². The summed E-state index contributed by atoms with van der Waals surface area (Å²) in [5.74, 6) is -0.213. The fourth-order valence-electron chi connectivity index (χ4n) is 4.76. The number of nitrogens with zero attached hydrogens (tertiary/aromatic N) is 2. The lowest BCUT2D eigenvalue weighted by molar-refractivity contribution is -0.131. The van der Waals surface area contributed by atoms with Gasteiger partial charge in [-0.25, -0.2) is 4.39 Å². The molecule has 3 N–H and O–H groups in total. The van der Waals surface area contributed by atoms with Crippen molar-refractivity contribution >= 4 is 11.8 Å². The van der Waals surface area contributed by atoms with E-state index in [9.17, 15) is 19.1 Å². The lowest BCUT2D eigenvalue weighted by atomic mass is 10.00. The van der Waals surface area contributed by atoms with E-state index >= 15 is 0 Å². The normalized spacial score (nSPS) is 18.7. The zero-order chi connectivity index (χ0) is 28.0. The number of rotatable bonds is 8. The number of carbonyl (C=O) groups is 2. The summed E-state index contributed by atoms with van der Waals surface area (Å²) in [5.41, 5.74) is 2.77. The van der Waals surface area contributed by atoms with Gasteiger partial charge in [0.2, 0.25) is 11.8 Å². The molecule has 2 amide bonds. The van der Waals surface area contributed by atoms with Gasteiger partial charge in [0, 0.05) is 57.5 Å². The maximum atomic E-state index is 14.4. The predicted molar refractivity (Wildman–Crippen MR) is 149 cm³/mol. The number of aliphatic hydroxyl groups excluding tert-OH is 1. The number of hydrogen-bond acceptors (Lipinski definition) is 6. The Morgan fingerprint density at radius 1 is 1.13 bits per heavy atom. The van der Waals surface area contributed by atoms with E-state index in [1.165, 1.54) is 12.1 Å². The molecule has 3 rings (SSSR count). The molecule has 2 aromatic rings. The summed E-state index contributed by atoms with van der Waals surface area (Å²) < 4.78 is 20.3. The molecule has 0 spiro atoms. The predicted octanol–water partition coefficient (Wildman–Crippen LogP) is 3.54. The van der Waals surface area contributed by atoms with Crippen LogP contribution in [-0.2, 0) is 29.0 Å². The topological polar surface area (TPSA) is 104 Å². The second-order valence-corrected chi connectivity index (χ2v) is 10.2. The van der Waals surface area contributed by atoms with Gasteiger partial charge in [0.25, 0.3) is 0 Å². The number of ether oxygens (including phenoxy) is 1. The zero-order valence-electron chi connectivity index (χ0n) is 23.3. The van der Waals surface area contributed by atoms with Crippen LogP contribution in [-0.4, -0.2) is 65.2 Å². The summed E-state index contributed by atoms with van der Waals surface area (Å²) in [4.78, 5) is 31.7. The number of aromatic nitrogens is 1. The summed E-state index contributed by atoms with van der Waals surface area (Å²) in [6, 6.07) is 5.93. The van der Waals surface area contributed by atoms with Crippen LogP contribution < -0.4 is 15.4 Å². The molecule has 0 radical (unpaired) electrons. The lowest BCUT2D eigenvalue weighted by Gasteiger charge is -2.25. The number of carbonyl (C=O) groups excluding carboxylic acids is 2. The quantitative estimate of drug-likeness (QED) is 0.472. The Hall–Kier alpha value is -3.04. The Balaban J connectivity index is 1.71. The Bertz CT molecular complexity index is 1070. The summed E-state index contributed by atoms with van der Waals surface area (Å²) >= 11 is 0. The van der Waals surface area contributed by atoms with Crippen molar-refractivity contribution in [2.45, 2.75) is 83.9 Å². The molecule has 2 bridgehead atoms. The highest BCUT2D eigenvalue weighted by Gasteiger charge is 2.23. The van der Waals surface area contributed by atoms with Gasteiger partial charge in [-0.05, 0) is 67.3 Å². The Morgan fingerprint density at radius 2 is 1.95 bits per heavy atom. The van der Waals surface area contributed by atoms with Gasteiger partial charge >= 0.3 is 0 Å². The Kier molecular flexibility index (Phi) is 12.6. The SMILES string of the molecule is CCCN1CCCCOc2cc(F)cc(c2)CC(C(O)CNCc2cncc(CC)c2)NC(=O)CCCC1=O. The van der Waals surface area contributed by atoms with E-state index in [0.29, 0.717) is 50.4 Å². The molecule has 8 nitrogen and oxygen atoms in total. The molecular weight excluding hydrogens is 499 g/mol. The minimum atomic E-state index is -0.923. The number of aliphatic hydroxyl groups is 1. The maximum absolute atomic E-state index is 14.4. The van der Waals surface area contributed by atoms with Gasteiger partial charge in [0.1, 0.15) is 11.6 Å². The van der Waals surface area contributed by atoms with E-state index in [4.69, 9.17) is 4.74 Å². The van der Waals surface area contributed by atoms with Crippen molar-refractivity contribution in [1.82, 2.24) is 20.5 Å². The third kappa shape index (κ3) is 10.6. The molecule has 39 heavy (non-hydrogen) atoms. The minimum Gasteiger partial charge on any atom is -0.493 e. The molecule has 2 atom stereocenters. The van der Waals surface area contributed by atoms with Crippen molar-refractivity contribution in [3.8, 4) is 5.75 Å². The molecule has 0 fully saturated rings. The number of pyridine rings is 1. The van der Waals surface area contributed by atoms with Gasteiger partial charge in [-0.1, -0.05) is 19.9 Å². The third-order valence-electron chi connectivity index (χ3n) is 6.87. The first-order valence-electron chi connectivity index (χ1n) is 14.2. The second kappa shape index (κ2) is 16.2. The molecule has 1 aromatic heterocycles. The Morgan fingerprint density at radius 3 is 2.74 bits per heavy atom. The fourth-order valence-corrected chi connectivity index (χ4v) is 4.76. The van der Waals surface area contributed by atoms with Crippen LogP contribution in [0.3, 0.4) is 0 Å². The number of benzene rings is 1. The van der Waals surface area contributed by atoms with Crippen LogP contribution >= 0.6 is 0 Å². The molecule has 9 heteroatoms. The smallest absolute Gasteiger partial charge is 0.222 e. The molecule has 2 heterocycles. The first-order chi connectivity index (χ1) is 18.9. The highest BCUT2D eigenvalue weighted by molar-refractivity contribution is 5.79. The molecular formula is C30H43FN4O4. The first kappa shape index (κ1) is 30.5. The third-order valence-corrected chi connectivity index (χ3v) is 6.87. The average Bonchev–Trinajstić information content (AvgIpc) is 2.91. The van der Waals surface area contributed by atoms with E-state index < -0.39 is 18.0 Å². The molecule has 1 aliphatic heterocycles. The van der Waals surface area contributed by atoms with E-state index in [1.54, 1.807) is 12.3 Å². The summed E-state index contributed by atoms with van der Waals surface area (Å²) in [6.45, 7) is 6.58. The molecule has 0 saturated carbocycles. The summed E-state index contributed by atoms with van der Waals surface area (Å²) in [7, 11) is 0. The van der Waals surface area contributed by atoms with Gasteiger partial charge in [-0.3, -0.25) is 14.6 Å². The van der Waals surface area contributed by atoms with Crippen LogP contribution in [0.15, 0.2) is 36.7 Å². The fraction of sp³-hybridized carbons (Fsp3) is 0.567. The van der Waals surface area contributed by atoms with Crippen molar-refractivity contribution in [1.29, 1.82) is 0 Å². The number of nitrogens with one attached hydrogen (secondary N) is 2. The molecule has 2 unspecified atom stereocenters. The van der Waals surface area contributed by atoms with E-state index in [0.717, 1.165) is 36.8 Å². The largest absolute Gasteiger partial charge is 0.493 e. The number of amides is 2. The van der Waals surface area contributed by atoms with Crippen LogP contribution in [0.2, 0.25) is 0 Å². The van der Waals surface area contributed by atoms with E-state index in [-0.39, 0.29) is 31.2 Å². The minimum absolute atomic E-state index is 0.0472. The highest BCUT2D eigenvalue weighted by atomic mass is 19.1. The van der Waals surface area contributed by atoms with Gasteiger partial charge in [-0.2, -0.15) is 0 Å². The van der Waals surface area contributed by atoms with Crippen LogP contribution in [0.1, 0.15) is 69.1 Å². The molecule has 1 aromatic carbocycles. The molecule has 0 saturated heterocycles. The van der Waals surface area contributed by atoms with Gasteiger partial charge < -0.3 is 25.4 Å².